The molecule has 0 saturated carbocycles. The third-order valence-electron chi connectivity index (χ3n) is 7.15. The van der Waals surface area contributed by atoms with Gasteiger partial charge in [0, 0.05) is 24.8 Å². The summed E-state index contributed by atoms with van der Waals surface area (Å²) < 4.78 is 40.9. The molecule has 4 rings (SSSR count). The highest BCUT2D eigenvalue weighted by Crippen LogP contribution is 2.32. The van der Waals surface area contributed by atoms with E-state index in [0.29, 0.717) is 25.4 Å². The van der Waals surface area contributed by atoms with E-state index in [1.165, 1.54) is 0 Å². The van der Waals surface area contributed by atoms with E-state index in [-0.39, 0.29) is 30.4 Å². The molecule has 3 aromatic carbocycles. The van der Waals surface area contributed by atoms with Crippen LogP contribution in [0.3, 0.4) is 0 Å². The minimum Gasteiger partial charge on any atom is -0.493 e. The van der Waals surface area contributed by atoms with Gasteiger partial charge in [0.05, 0.1) is 25.6 Å². The number of hydrogen-bond donors (Lipinski definition) is 2. The number of fused-ring (bicyclic) bond motifs is 1. The quantitative estimate of drug-likeness (QED) is 0.279. The smallest absolute Gasteiger partial charge is 0.326 e. The molecule has 10 heteroatoms. The molecule has 0 unspecified atom stereocenters. The third kappa shape index (κ3) is 8.18. The van der Waals surface area contributed by atoms with Crippen molar-refractivity contribution in [2.24, 2.45) is 0 Å². The largest absolute Gasteiger partial charge is 0.493 e. The first-order chi connectivity index (χ1) is 20.1. The minimum absolute atomic E-state index is 0.235. The Labute approximate surface area is 246 Å². The van der Waals surface area contributed by atoms with E-state index < -0.39 is 27.8 Å². The Morgan fingerprint density at radius 3 is 2.57 bits per heavy atom. The number of nitrogens with one attached hydrogen (secondary N) is 1. The first kappa shape index (κ1) is 31.2. The van der Waals surface area contributed by atoms with Gasteiger partial charge in [-0.3, -0.25) is 4.79 Å². The van der Waals surface area contributed by atoms with Crippen LogP contribution >= 0.6 is 0 Å². The van der Waals surface area contributed by atoms with Crippen LogP contribution in [0.4, 0.5) is 0 Å². The highest BCUT2D eigenvalue weighted by atomic mass is 32.2. The second kappa shape index (κ2) is 14.0. The average molecular weight is 596 g/mol. The van der Waals surface area contributed by atoms with Crippen LogP contribution in [0.1, 0.15) is 52.1 Å². The number of carboxylic acid groups (broad SMARTS) is 1. The molecular weight excluding hydrogens is 558 g/mol. The van der Waals surface area contributed by atoms with E-state index >= 15 is 0 Å². The van der Waals surface area contributed by atoms with Crippen molar-refractivity contribution in [2.45, 2.75) is 45.4 Å². The monoisotopic (exact) mass is 595 g/mol. The molecule has 1 aliphatic heterocycles. The number of rotatable bonds is 14. The first-order valence-corrected chi connectivity index (χ1v) is 16.0. The highest BCUT2D eigenvalue weighted by molar-refractivity contribution is 7.90. The number of benzene rings is 3. The molecule has 1 aliphatic rings. The topological polar surface area (TPSA) is 128 Å². The third-order valence-corrected chi connectivity index (χ3v) is 8.13. The zero-order valence-corrected chi connectivity index (χ0v) is 24.9. The lowest BCUT2D eigenvalue weighted by Crippen LogP contribution is -2.42. The normalized spacial score (nSPS) is 14.1. The average Bonchev–Trinajstić information content (AvgIpc) is 3.43. The number of carbonyl (C=O) groups excluding carboxylic acids is 1. The molecule has 0 spiro atoms. The van der Waals surface area contributed by atoms with Gasteiger partial charge >= 0.3 is 5.97 Å². The molecule has 0 saturated heterocycles. The summed E-state index contributed by atoms with van der Waals surface area (Å²) in [6, 6.07) is 17.6. The van der Waals surface area contributed by atoms with Crippen molar-refractivity contribution in [1.82, 2.24) is 5.32 Å². The maximum Gasteiger partial charge on any atom is 0.326 e. The summed E-state index contributed by atoms with van der Waals surface area (Å²) in [5.74, 6) is -1.36. The molecular formula is C32H37NO8S. The van der Waals surface area contributed by atoms with Crippen molar-refractivity contribution in [3.05, 3.63) is 88.5 Å². The number of carbonyl (C=O) groups is 2. The number of aliphatic carboxylic acids is 1. The van der Waals surface area contributed by atoms with Gasteiger partial charge < -0.3 is 24.6 Å². The minimum atomic E-state index is -3.40. The van der Waals surface area contributed by atoms with Gasteiger partial charge in [0.2, 0.25) is 0 Å². The molecule has 1 heterocycles. The molecule has 0 radical (unpaired) electrons. The molecule has 2 N–H and O–H groups in total. The second-order valence-corrected chi connectivity index (χ2v) is 12.7. The lowest BCUT2D eigenvalue weighted by atomic mass is 9.93. The van der Waals surface area contributed by atoms with Gasteiger partial charge in [-0.2, -0.15) is 0 Å². The van der Waals surface area contributed by atoms with E-state index in [4.69, 9.17) is 14.2 Å². The van der Waals surface area contributed by atoms with E-state index in [1.54, 1.807) is 12.1 Å². The van der Waals surface area contributed by atoms with Crippen LogP contribution in [0.25, 0.3) is 11.1 Å². The van der Waals surface area contributed by atoms with Crippen LogP contribution in [-0.2, 0) is 37.1 Å². The molecule has 2 atom stereocenters. The van der Waals surface area contributed by atoms with Crippen molar-refractivity contribution in [2.75, 3.05) is 31.8 Å². The first-order valence-electron chi connectivity index (χ1n) is 13.9. The van der Waals surface area contributed by atoms with E-state index in [9.17, 15) is 23.1 Å². The Hall–Kier alpha value is -3.73. The summed E-state index contributed by atoms with van der Waals surface area (Å²) in [6.45, 7) is 5.71. The standard InChI is InChI=1S/C32H37NO8S/c1-4-39-20-30(23-10-12-29-24(18-23)13-15-40-29)41-19-22-9-11-26(27(17-22)25-8-6-5-7-21(25)2)31(34)33-28(32(35)36)14-16-42(3,37)38/h5-12,17-18,28,30H,4,13-16,19-20H2,1-3H3,(H,33,34)(H,35,36)/t28-,30+/m0/s1. The van der Waals surface area contributed by atoms with Crippen LogP contribution in [0.15, 0.2) is 60.7 Å². The number of aryl methyl sites for hydroxylation is 1. The van der Waals surface area contributed by atoms with E-state index in [1.807, 2.05) is 56.3 Å². The summed E-state index contributed by atoms with van der Waals surface area (Å²) >= 11 is 0. The van der Waals surface area contributed by atoms with Crippen LogP contribution in [0.5, 0.6) is 5.75 Å². The van der Waals surface area contributed by atoms with Gasteiger partial charge in [0.1, 0.15) is 27.7 Å². The van der Waals surface area contributed by atoms with Crippen molar-refractivity contribution in [1.29, 1.82) is 0 Å². The van der Waals surface area contributed by atoms with Crippen molar-refractivity contribution >= 4 is 21.7 Å². The van der Waals surface area contributed by atoms with Gasteiger partial charge in [-0.25, -0.2) is 13.2 Å². The van der Waals surface area contributed by atoms with Gasteiger partial charge in [0.25, 0.3) is 5.91 Å². The Bertz CT molecular complexity index is 1540. The molecule has 3 aromatic rings. The van der Waals surface area contributed by atoms with Crippen molar-refractivity contribution < 1.29 is 37.3 Å². The number of carboxylic acids is 1. The van der Waals surface area contributed by atoms with Gasteiger partial charge in [-0.05, 0) is 77.9 Å². The van der Waals surface area contributed by atoms with Crippen molar-refractivity contribution in [3.8, 4) is 16.9 Å². The molecule has 1 amide bonds. The Balaban J connectivity index is 1.60. The van der Waals surface area contributed by atoms with Crippen molar-refractivity contribution in [3.63, 3.8) is 0 Å². The Morgan fingerprint density at radius 1 is 1.07 bits per heavy atom. The van der Waals surface area contributed by atoms with E-state index in [2.05, 4.69) is 11.4 Å². The molecule has 224 valence electrons. The van der Waals surface area contributed by atoms with Crippen LogP contribution in [-0.4, -0.2) is 63.3 Å². The number of ether oxygens (including phenoxy) is 3. The Morgan fingerprint density at radius 2 is 1.86 bits per heavy atom. The van der Waals surface area contributed by atoms with Crippen LogP contribution in [0, 0.1) is 6.92 Å². The molecule has 42 heavy (non-hydrogen) atoms. The van der Waals surface area contributed by atoms with Crippen LogP contribution < -0.4 is 10.1 Å². The molecule has 0 fully saturated rings. The highest BCUT2D eigenvalue weighted by Gasteiger charge is 2.25. The summed E-state index contributed by atoms with van der Waals surface area (Å²) in [7, 11) is -3.40. The maximum absolute atomic E-state index is 13.4. The summed E-state index contributed by atoms with van der Waals surface area (Å²) in [6.07, 6.45) is 1.33. The zero-order valence-electron chi connectivity index (χ0n) is 24.1. The van der Waals surface area contributed by atoms with E-state index in [0.717, 1.165) is 46.2 Å². The van der Waals surface area contributed by atoms with Gasteiger partial charge in [-0.1, -0.05) is 36.4 Å². The SMILES string of the molecule is CCOC[C@@H](OCc1ccc(C(=O)N[C@@H](CCS(C)(=O)=O)C(=O)O)c(-c2ccccc2C)c1)c1ccc2c(c1)CCO2. The fraction of sp³-hybridized carbons (Fsp3) is 0.375. The summed E-state index contributed by atoms with van der Waals surface area (Å²) in [4.78, 5) is 25.2. The maximum atomic E-state index is 13.4. The van der Waals surface area contributed by atoms with Gasteiger partial charge in [0.15, 0.2) is 0 Å². The molecule has 9 nitrogen and oxygen atoms in total. The zero-order chi connectivity index (χ0) is 30.3. The summed E-state index contributed by atoms with van der Waals surface area (Å²) in [5, 5.41) is 12.1. The number of amides is 1. The number of sulfone groups is 1. The summed E-state index contributed by atoms with van der Waals surface area (Å²) in [5.41, 5.74) is 5.62. The molecule has 0 bridgehead atoms. The van der Waals surface area contributed by atoms with Gasteiger partial charge in [-0.15, -0.1) is 0 Å². The Kier molecular flexibility index (Phi) is 10.4. The molecule has 0 aromatic heterocycles. The predicted molar refractivity (Wildman–Crippen MR) is 159 cm³/mol. The molecule has 0 aliphatic carbocycles. The van der Waals surface area contributed by atoms with Crippen LogP contribution in [0.2, 0.25) is 0 Å². The fourth-order valence-electron chi connectivity index (χ4n) is 4.87. The lowest BCUT2D eigenvalue weighted by Gasteiger charge is -2.20. The lowest BCUT2D eigenvalue weighted by molar-refractivity contribution is -0.139. The second-order valence-electron chi connectivity index (χ2n) is 10.4. The number of hydrogen-bond acceptors (Lipinski definition) is 7. The predicted octanol–water partition coefficient (Wildman–Crippen LogP) is 4.51. The fourth-order valence-corrected chi connectivity index (χ4v) is 5.54.